The molecule has 1 N–H and O–H groups in total. The Morgan fingerprint density at radius 1 is 1.08 bits per heavy atom. The van der Waals surface area contributed by atoms with Gasteiger partial charge in [-0.05, 0) is 64.9 Å². The molecule has 200 valence electrons. The Morgan fingerprint density at radius 3 is 2.31 bits per heavy atom. The van der Waals surface area contributed by atoms with E-state index < -0.39 is 36.1 Å². The van der Waals surface area contributed by atoms with Gasteiger partial charge in [0.1, 0.15) is 17.4 Å². The second-order valence-corrected chi connectivity index (χ2v) is 10.2. The number of esters is 1. The minimum Gasteiger partial charge on any atom is -0.497 e. The molecule has 1 heterocycles. The number of carbonyl (C=O) groups is 3. The van der Waals surface area contributed by atoms with Crippen LogP contribution in [0.1, 0.15) is 47.1 Å². The molecular formula is C26H39N3O7. The fourth-order valence-electron chi connectivity index (χ4n) is 3.49. The zero-order valence-electron chi connectivity index (χ0n) is 22.7. The maximum absolute atomic E-state index is 13.0. The van der Waals surface area contributed by atoms with Crippen molar-refractivity contribution in [1.82, 2.24) is 14.8 Å². The molecule has 1 unspecified atom stereocenters. The Labute approximate surface area is 212 Å². The van der Waals surface area contributed by atoms with Crippen molar-refractivity contribution in [3.05, 3.63) is 30.0 Å². The highest BCUT2D eigenvalue weighted by atomic mass is 16.7. The van der Waals surface area contributed by atoms with E-state index in [9.17, 15) is 14.4 Å². The number of rotatable bonds is 9. The zero-order valence-corrected chi connectivity index (χ0v) is 22.7. The van der Waals surface area contributed by atoms with Crippen molar-refractivity contribution >= 4 is 29.1 Å². The molecule has 0 saturated heterocycles. The number of amides is 1. The van der Waals surface area contributed by atoms with Crippen molar-refractivity contribution in [2.45, 2.75) is 65.9 Å². The van der Waals surface area contributed by atoms with E-state index >= 15 is 0 Å². The predicted molar refractivity (Wildman–Crippen MR) is 136 cm³/mol. The zero-order chi connectivity index (χ0) is 27.2. The van der Waals surface area contributed by atoms with Crippen molar-refractivity contribution in [3.8, 4) is 5.75 Å². The number of fused-ring (bicyclic) bond motifs is 1. The lowest BCUT2D eigenvalue weighted by Crippen LogP contribution is -2.48. The van der Waals surface area contributed by atoms with E-state index in [0.29, 0.717) is 11.3 Å². The number of benzene rings is 1. The largest absolute Gasteiger partial charge is 0.497 e. The summed E-state index contributed by atoms with van der Waals surface area (Å²) >= 11 is 0. The number of hydrogen-bond acceptors (Lipinski definition) is 8. The molecule has 0 bridgehead atoms. The molecule has 0 saturated carbocycles. The van der Waals surface area contributed by atoms with E-state index in [4.69, 9.17) is 18.9 Å². The molecule has 0 fully saturated rings. The maximum atomic E-state index is 13.0. The van der Waals surface area contributed by atoms with Gasteiger partial charge in [0.15, 0.2) is 0 Å². The number of alkyl carbamates (subject to hydrolysis) is 1. The quantitative estimate of drug-likeness (QED) is 0.399. The van der Waals surface area contributed by atoms with Crippen molar-refractivity contribution < 1.29 is 33.3 Å². The van der Waals surface area contributed by atoms with Crippen molar-refractivity contribution in [2.75, 3.05) is 27.7 Å². The van der Waals surface area contributed by atoms with Crippen LogP contribution >= 0.6 is 0 Å². The summed E-state index contributed by atoms with van der Waals surface area (Å²) in [7, 11) is 5.51. The van der Waals surface area contributed by atoms with E-state index in [-0.39, 0.29) is 5.92 Å². The Kier molecular flexibility index (Phi) is 9.75. The van der Waals surface area contributed by atoms with Gasteiger partial charge < -0.3 is 29.2 Å². The second-order valence-electron chi connectivity index (χ2n) is 10.2. The van der Waals surface area contributed by atoms with E-state index in [1.165, 1.54) is 11.5 Å². The van der Waals surface area contributed by atoms with Crippen LogP contribution < -0.4 is 10.1 Å². The predicted octanol–water partition coefficient (Wildman–Crippen LogP) is 4.18. The van der Waals surface area contributed by atoms with Gasteiger partial charge in [0, 0.05) is 31.1 Å². The molecule has 10 nitrogen and oxygen atoms in total. The van der Waals surface area contributed by atoms with Gasteiger partial charge in [-0.1, -0.05) is 13.8 Å². The fourth-order valence-corrected chi connectivity index (χ4v) is 3.49. The molecule has 0 radical (unpaired) electrons. The lowest BCUT2D eigenvalue weighted by atomic mass is 10.1. The van der Waals surface area contributed by atoms with Gasteiger partial charge in [-0.3, -0.25) is 4.57 Å². The molecule has 0 aliphatic rings. The Morgan fingerprint density at radius 2 is 1.75 bits per heavy atom. The summed E-state index contributed by atoms with van der Waals surface area (Å²) in [6.45, 7) is 10.9. The topological polar surface area (TPSA) is 108 Å². The smallest absolute Gasteiger partial charge is 0.421 e. The maximum Gasteiger partial charge on any atom is 0.421 e. The van der Waals surface area contributed by atoms with Crippen LogP contribution in [0.5, 0.6) is 5.75 Å². The number of ether oxygens (including phenoxy) is 4. The minimum absolute atomic E-state index is 0.284. The third-order valence-corrected chi connectivity index (χ3v) is 5.26. The number of nitrogens with one attached hydrogen (secondary N) is 1. The normalized spacial score (nSPS) is 13.4. The Hall–Kier alpha value is -3.27. The van der Waals surface area contributed by atoms with Crippen molar-refractivity contribution in [1.29, 1.82) is 0 Å². The van der Waals surface area contributed by atoms with E-state index in [1.54, 1.807) is 54.0 Å². The minimum atomic E-state index is -1.19. The highest BCUT2D eigenvalue weighted by Crippen LogP contribution is 2.27. The van der Waals surface area contributed by atoms with Crippen LogP contribution in [0.25, 0.3) is 10.9 Å². The van der Waals surface area contributed by atoms with E-state index in [1.807, 2.05) is 26.2 Å². The number of likely N-dealkylation sites (N-methyl/N-ethyl adjacent to an activating group) is 1. The summed E-state index contributed by atoms with van der Waals surface area (Å²) in [6.07, 6.45) is -0.176. The molecule has 2 rings (SSSR count). The number of aromatic nitrogens is 1. The number of nitrogens with zero attached hydrogens (tertiary/aromatic N) is 2. The molecule has 10 heteroatoms. The number of methoxy groups -OCH3 is 1. The highest BCUT2D eigenvalue weighted by molar-refractivity contribution is 5.93. The molecule has 1 aromatic carbocycles. The Balaban J connectivity index is 2.16. The van der Waals surface area contributed by atoms with Gasteiger partial charge in [0.2, 0.25) is 6.29 Å². The summed E-state index contributed by atoms with van der Waals surface area (Å²) in [5.74, 6) is -0.420. The monoisotopic (exact) mass is 505 g/mol. The molecule has 36 heavy (non-hydrogen) atoms. The second kappa shape index (κ2) is 12.1. The standard InChI is InChI=1S/C26H39N3O7/c1-16(2)22(27-24(31)36-26(4,5)6)23(30)34-17(3)35-25(32)29-15-18(12-13-28(7)8)20-11-10-19(33-9)14-21(20)29/h10-11,14-17,22H,12-13H2,1-9H3,(H,27,31)/t17?,22-/m0/s1. The summed E-state index contributed by atoms with van der Waals surface area (Å²) in [5.41, 5.74) is 0.883. The third-order valence-electron chi connectivity index (χ3n) is 5.26. The summed E-state index contributed by atoms with van der Waals surface area (Å²) < 4.78 is 22.7. The average molecular weight is 506 g/mol. The van der Waals surface area contributed by atoms with Crippen LogP contribution in [-0.4, -0.2) is 73.3 Å². The van der Waals surface area contributed by atoms with Gasteiger partial charge >= 0.3 is 18.2 Å². The van der Waals surface area contributed by atoms with Crippen molar-refractivity contribution in [2.24, 2.45) is 5.92 Å². The van der Waals surface area contributed by atoms with Crippen molar-refractivity contribution in [3.63, 3.8) is 0 Å². The van der Waals surface area contributed by atoms with Gasteiger partial charge in [0.25, 0.3) is 0 Å². The SMILES string of the molecule is COc1ccc2c(CCN(C)C)cn(C(=O)OC(C)OC(=O)[C@@H](NC(=O)OC(C)(C)C)C(C)C)c2c1. The lowest BCUT2D eigenvalue weighted by molar-refractivity contribution is -0.168. The molecule has 0 aliphatic carbocycles. The Bertz CT molecular complexity index is 1070. The molecule has 2 aromatic rings. The number of hydrogen-bond donors (Lipinski definition) is 1. The first-order valence-corrected chi connectivity index (χ1v) is 12.0. The molecule has 0 aliphatic heterocycles. The van der Waals surface area contributed by atoms with Crippen LogP contribution in [0.3, 0.4) is 0 Å². The molecule has 0 spiro atoms. The first-order chi connectivity index (χ1) is 16.7. The highest BCUT2D eigenvalue weighted by Gasteiger charge is 2.30. The van der Waals surface area contributed by atoms with Crippen LogP contribution in [0.4, 0.5) is 9.59 Å². The molecule has 1 aromatic heterocycles. The fraction of sp³-hybridized carbons (Fsp3) is 0.577. The molecule has 2 atom stereocenters. The van der Waals surface area contributed by atoms with Gasteiger partial charge in [0.05, 0.1) is 12.6 Å². The van der Waals surface area contributed by atoms with Crippen LogP contribution in [0.2, 0.25) is 0 Å². The third kappa shape index (κ3) is 8.15. The first-order valence-electron chi connectivity index (χ1n) is 12.0. The van der Waals surface area contributed by atoms with E-state index in [2.05, 4.69) is 10.2 Å². The molecular weight excluding hydrogens is 466 g/mol. The summed E-state index contributed by atoms with van der Waals surface area (Å²) in [6, 6.07) is 4.52. The van der Waals surface area contributed by atoms with Crippen LogP contribution in [-0.2, 0) is 25.4 Å². The molecule has 1 amide bonds. The summed E-state index contributed by atoms with van der Waals surface area (Å²) in [5, 5.41) is 3.43. The van der Waals surface area contributed by atoms with E-state index in [0.717, 1.165) is 23.9 Å². The van der Waals surface area contributed by atoms with Gasteiger partial charge in [-0.25, -0.2) is 14.4 Å². The number of carbonyl (C=O) groups excluding carboxylic acids is 3. The average Bonchev–Trinajstić information content (AvgIpc) is 3.12. The van der Waals surface area contributed by atoms with Crippen LogP contribution in [0, 0.1) is 5.92 Å². The first kappa shape index (κ1) is 29.0. The van der Waals surface area contributed by atoms with Gasteiger partial charge in [-0.15, -0.1) is 0 Å². The lowest BCUT2D eigenvalue weighted by Gasteiger charge is -2.25. The van der Waals surface area contributed by atoms with Gasteiger partial charge in [-0.2, -0.15) is 0 Å². The van der Waals surface area contributed by atoms with Crippen LogP contribution in [0.15, 0.2) is 24.4 Å². The summed E-state index contributed by atoms with van der Waals surface area (Å²) in [4.78, 5) is 40.0.